The van der Waals surface area contributed by atoms with Gasteiger partial charge in [-0.2, -0.15) is 5.10 Å². The number of hydrogen-bond acceptors (Lipinski definition) is 6. The van der Waals surface area contributed by atoms with Crippen molar-refractivity contribution in [1.82, 2.24) is 14.8 Å². The molecule has 4 aromatic rings. The van der Waals surface area contributed by atoms with Gasteiger partial charge in [0.15, 0.2) is 15.0 Å². The zero-order valence-electron chi connectivity index (χ0n) is 17.9. The summed E-state index contributed by atoms with van der Waals surface area (Å²) in [6.07, 6.45) is 3.39. The normalized spacial score (nSPS) is 11.7. The quantitative estimate of drug-likeness (QED) is 0.390. The third-order valence-electron chi connectivity index (χ3n) is 5.15. The molecule has 1 amide bonds. The first-order valence-corrected chi connectivity index (χ1v) is 12.7. The summed E-state index contributed by atoms with van der Waals surface area (Å²) in [5, 5.41) is 4.77. The van der Waals surface area contributed by atoms with Crippen LogP contribution >= 0.6 is 11.3 Å². The predicted molar refractivity (Wildman–Crippen MR) is 127 cm³/mol. The van der Waals surface area contributed by atoms with Crippen LogP contribution in [0.1, 0.15) is 17.5 Å². The molecule has 0 aliphatic carbocycles. The first-order valence-electron chi connectivity index (χ1n) is 10.3. The fraction of sp³-hybridized carbons (Fsp3) is 0.261. The molecule has 0 aliphatic heterocycles. The van der Waals surface area contributed by atoms with E-state index in [1.54, 1.807) is 46.1 Å². The van der Waals surface area contributed by atoms with Gasteiger partial charge in [0.2, 0.25) is 5.91 Å². The second kappa shape index (κ2) is 9.22. The number of nitrogens with zero attached hydrogens (tertiary/aromatic N) is 4. The summed E-state index contributed by atoms with van der Waals surface area (Å²) in [6, 6.07) is 14.2. The Morgan fingerprint density at radius 2 is 1.91 bits per heavy atom. The van der Waals surface area contributed by atoms with Gasteiger partial charge in [0.25, 0.3) is 0 Å². The summed E-state index contributed by atoms with van der Waals surface area (Å²) in [5.41, 5.74) is 3.05. The van der Waals surface area contributed by atoms with Crippen molar-refractivity contribution in [3.63, 3.8) is 0 Å². The third kappa shape index (κ3) is 4.89. The highest BCUT2D eigenvalue weighted by atomic mass is 32.2. The molecule has 7 nitrogen and oxygen atoms in total. The number of aromatic nitrogens is 3. The lowest BCUT2D eigenvalue weighted by Crippen LogP contribution is -2.35. The van der Waals surface area contributed by atoms with Crippen molar-refractivity contribution in [3.8, 4) is 0 Å². The van der Waals surface area contributed by atoms with Crippen molar-refractivity contribution in [3.05, 3.63) is 72.1 Å². The van der Waals surface area contributed by atoms with Gasteiger partial charge in [-0.05, 0) is 49.2 Å². The Balaban J connectivity index is 1.59. The molecule has 0 saturated heterocycles. The van der Waals surface area contributed by atoms with Crippen LogP contribution in [0.5, 0.6) is 0 Å². The summed E-state index contributed by atoms with van der Waals surface area (Å²) in [6.45, 7) is 4.87. The van der Waals surface area contributed by atoms with Gasteiger partial charge in [0.05, 0.1) is 27.4 Å². The van der Waals surface area contributed by atoms with Crippen LogP contribution in [-0.4, -0.2) is 41.4 Å². The van der Waals surface area contributed by atoms with E-state index in [0.29, 0.717) is 18.2 Å². The number of amides is 1. The van der Waals surface area contributed by atoms with E-state index < -0.39 is 9.84 Å². The largest absolute Gasteiger partial charge is 0.286 e. The van der Waals surface area contributed by atoms with Gasteiger partial charge in [-0.3, -0.25) is 14.4 Å². The van der Waals surface area contributed by atoms with Crippen molar-refractivity contribution in [1.29, 1.82) is 0 Å². The summed E-state index contributed by atoms with van der Waals surface area (Å²) < 4.78 is 28.1. The summed E-state index contributed by atoms with van der Waals surface area (Å²) >= 11 is 1.44. The van der Waals surface area contributed by atoms with Crippen LogP contribution in [-0.2, 0) is 21.2 Å². The standard InChI is InChI=1S/C23H24N4O3S2/c1-17-15-18(2)22-20(16-17)31-23(25-22)27(13-12-26-11-6-10-24-26)21(28)9-14-32(29,30)19-7-4-3-5-8-19/h3-8,10-11,15-16H,9,12-14H2,1-2H3. The predicted octanol–water partition coefficient (Wildman–Crippen LogP) is 4.01. The molecule has 0 saturated carbocycles. The van der Waals surface area contributed by atoms with Crippen LogP contribution in [0.25, 0.3) is 10.2 Å². The van der Waals surface area contributed by atoms with E-state index in [0.717, 1.165) is 21.3 Å². The highest BCUT2D eigenvalue weighted by Crippen LogP contribution is 2.32. The second-order valence-electron chi connectivity index (χ2n) is 7.62. The molecule has 32 heavy (non-hydrogen) atoms. The number of hydrogen-bond donors (Lipinski definition) is 0. The SMILES string of the molecule is Cc1cc(C)c2nc(N(CCn3cccn3)C(=O)CCS(=O)(=O)c3ccccc3)sc2c1. The van der Waals surface area contributed by atoms with Gasteiger partial charge in [-0.25, -0.2) is 13.4 Å². The number of carbonyl (C=O) groups is 1. The fourth-order valence-corrected chi connectivity index (χ4v) is 5.97. The minimum absolute atomic E-state index is 0.121. The maximum Gasteiger partial charge on any atom is 0.229 e. The van der Waals surface area contributed by atoms with Crippen LogP contribution in [0.4, 0.5) is 5.13 Å². The fourth-order valence-electron chi connectivity index (χ4n) is 3.54. The van der Waals surface area contributed by atoms with Crippen molar-refractivity contribution in [2.24, 2.45) is 0 Å². The van der Waals surface area contributed by atoms with E-state index in [9.17, 15) is 13.2 Å². The number of benzene rings is 2. The lowest BCUT2D eigenvalue weighted by Gasteiger charge is -2.20. The highest BCUT2D eigenvalue weighted by molar-refractivity contribution is 7.91. The Hall–Kier alpha value is -3.04. The second-order valence-corrected chi connectivity index (χ2v) is 10.7. The van der Waals surface area contributed by atoms with E-state index in [2.05, 4.69) is 17.2 Å². The van der Waals surface area contributed by atoms with Gasteiger partial charge in [-0.1, -0.05) is 35.6 Å². The molecule has 0 atom stereocenters. The third-order valence-corrected chi connectivity index (χ3v) is 7.91. The van der Waals surface area contributed by atoms with Gasteiger partial charge >= 0.3 is 0 Å². The van der Waals surface area contributed by atoms with E-state index >= 15 is 0 Å². The van der Waals surface area contributed by atoms with Crippen LogP contribution in [0.3, 0.4) is 0 Å². The van der Waals surface area contributed by atoms with E-state index in [4.69, 9.17) is 4.98 Å². The Labute approximate surface area is 191 Å². The Morgan fingerprint density at radius 1 is 1.12 bits per heavy atom. The molecule has 0 aliphatic rings. The zero-order valence-corrected chi connectivity index (χ0v) is 19.6. The molecule has 2 aromatic carbocycles. The monoisotopic (exact) mass is 468 g/mol. The lowest BCUT2D eigenvalue weighted by atomic mass is 10.1. The molecule has 0 fully saturated rings. The maximum atomic E-state index is 13.2. The van der Waals surface area contributed by atoms with E-state index in [1.165, 1.54) is 11.3 Å². The Morgan fingerprint density at radius 3 is 2.62 bits per heavy atom. The number of thiazole rings is 1. The topological polar surface area (TPSA) is 85.2 Å². The zero-order chi connectivity index (χ0) is 22.7. The number of fused-ring (bicyclic) bond motifs is 1. The first kappa shape index (κ1) is 22.2. The minimum Gasteiger partial charge on any atom is -0.286 e. The molecular formula is C23H24N4O3S2. The van der Waals surface area contributed by atoms with Crippen molar-refractivity contribution < 1.29 is 13.2 Å². The molecule has 0 radical (unpaired) electrons. The van der Waals surface area contributed by atoms with Gasteiger partial charge in [0, 0.05) is 25.4 Å². The average Bonchev–Trinajstić information content (AvgIpc) is 3.43. The van der Waals surface area contributed by atoms with Crippen LogP contribution in [0.2, 0.25) is 0 Å². The van der Waals surface area contributed by atoms with Crippen LogP contribution in [0.15, 0.2) is 65.8 Å². The minimum atomic E-state index is -3.55. The molecular weight excluding hydrogens is 444 g/mol. The lowest BCUT2D eigenvalue weighted by molar-refractivity contribution is -0.118. The molecule has 0 N–H and O–H groups in total. The van der Waals surface area contributed by atoms with E-state index in [1.807, 2.05) is 26.1 Å². The maximum absolute atomic E-state index is 13.2. The van der Waals surface area contributed by atoms with Crippen molar-refractivity contribution >= 4 is 42.4 Å². The number of sulfone groups is 1. The van der Waals surface area contributed by atoms with Crippen molar-refractivity contribution in [2.75, 3.05) is 17.2 Å². The summed E-state index contributed by atoms with van der Waals surface area (Å²) in [7, 11) is -3.55. The first-order chi connectivity index (χ1) is 15.3. The average molecular weight is 469 g/mol. The summed E-state index contributed by atoms with van der Waals surface area (Å²) in [4.78, 5) is 19.7. The smallest absolute Gasteiger partial charge is 0.229 e. The number of carbonyl (C=O) groups excluding carboxylic acids is 1. The van der Waals surface area contributed by atoms with E-state index in [-0.39, 0.29) is 23.0 Å². The molecule has 2 aromatic heterocycles. The van der Waals surface area contributed by atoms with Gasteiger partial charge in [-0.15, -0.1) is 0 Å². The van der Waals surface area contributed by atoms with Gasteiger partial charge < -0.3 is 0 Å². The highest BCUT2D eigenvalue weighted by Gasteiger charge is 2.23. The molecule has 9 heteroatoms. The van der Waals surface area contributed by atoms with Crippen LogP contribution < -0.4 is 4.90 Å². The Kier molecular flexibility index (Phi) is 6.38. The Bertz CT molecular complexity index is 1330. The molecule has 4 rings (SSSR count). The number of rotatable bonds is 8. The van der Waals surface area contributed by atoms with Crippen LogP contribution in [0, 0.1) is 13.8 Å². The van der Waals surface area contributed by atoms with Gasteiger partial charge in [0.1, 0.15) is 0 Å². The number of aryl methyl sites for hydroxylation is 2. The summed E-state index contributed by atoms with van der Waals surface area (Å²) in [5.74, 6) is -0.526. The molecule has 0 spiro atoms. The number of anilines is 1. The van der Waals surface area contributed by atoms with Crippen molar-refractivity contribution in [2.45, 2.75) is 31.7 Å². The molecule has 0 unspecified atom stereocenters. The molecule has 166 valence electrons. The molecule has 2 heterocycles. The molecule has 0 bridgehead atoms.